The van der Waals surface area contributed by atoms with E-state index >= 15 is 0 Å². The molecule has 6 heteroatoms. The normalized spacial score (nSPS) is 13.9. The number of carbonyl (C=O) groups excluding carboxylic acids is 2. The highest BCUT2D eigenvalue weighted by Crippen LogP contribution is 2.34. The minimum absolute atomic E-state index is 0.0121. The summed E-state index contributed by atoms with van der Waals surface area (Å²) in [6, 6.07) is 17.3. The summed E-state index contributed by atoms with van der Waals surface area (Å²) >= 11 is 0. The molecule has 4 nitrogen and oxygen atoms in total. The zero-order chi connectivity index (χ0) is 21.4. The number of nitrogens with one attached hydrogen (secondary N) is 1. The van der Waals surface area contributed by atoms with E-state index in [0.29, 0.717) is 11.3 Å². The van der Waals surface area contributed by atoms with Gasteiger partial charge in [-0.15, -0.1) is 0 Å². The third kappa shape index (κ3) is 3.37. The molecule has 0 fully saturated rings. The number of carbonyl (C=O) groups is 2. The Bertz CT molecular complexity index is 1200. The van der Waals surface area contributed by atoms with Crippen molar-refractivity contribution in [3.05, 3.63) is 101 Å². The lowest BCUT2D eigenvalue weighted by molar-refractivity contribution is -0.120. The number of hydrogen-bond donors (Lipinski definition) is 1. The minimum Gasteiger partial charge on any atom is -0.350 e. The van der Waals surface area contributed by atoms with Gasteiger partial charge < -0.3 is 5.32 Å². The molecule has 3 aromatic rings. The van der Waals surface area contributed by atoms with Gasteiger partial charge in [-0.3, -0.25) is 9.59 Å². The number of anilines is 2. The maximum Gasteiger partial charge on any atom is 0.282 e. The molecule has 3 aromatic carbocycles. The van der Waals surface area contributed by atoms with E-state index in [9.17, 15) is 18.4 Å². The average Bonchev–Trinajstić information content (AvgIpc) is 2.97. The van der Waals surface area contributed by atoms with E-state index in [1.807, 2.05) is 26.0 Å². The first-order valence-electron chi connectivity index (χ1n) is 9.34. The molecule has 0 saturated carbocycles. The Labute approximate surface area is 172 Å². The fourth-order valence-corrected chi connectivity index (χ4v) is 3.34. The summed E-state index contributed by atoms with van der Waals surface area (Å²) < 4.78 is 27.0. The van der Waals surface area contributed by atoms with E-state index in [-0.39, 0.29) is 17.0 Å². The number of rotatable bonds is 4. The topological polar surface area (TPSA) is 49.4 Å². The van der Waals surface area contributed by atoms with Gasteiger partial charge in [0.15, 0.2) is 11.6 Å². The van der Waals surface area contributed by atoms with E-state index in [1.54, 1.807) is 36.4 Å². The summed E-state index contributed by atoms with van der Waals surface area (Å²) in [5.41, 5.74) is 3.36. The first-order valence-corrected chi connectivity index (χ1v) is 9.34. The predicted molar refractivity (Wildman–Crippen MR) is 112 cm³/mol. The number of aryl methyl sites for hydroxylation is 2. The molecule has 0 unspecified atom stereocenters. The number of halogens is 2. The molecule has 4 rings (SSSR count). The van der Waals surface area contributed by atoms with Gasteiger partial charge >= 0.3 is 0 Å². The van der Waals surface area contributed by atoms with Crippen molar-refractivity contribution in [1.82, 2.24) is 0 Å². The molecule has 0 atom stereocenters. The lowest BCUT2D eigenvalue weighted by Gasteiger charge is -2.15. The second kappa shape index (κ2) is 7.55. The fraction of sp³-hybridized carbons (Fsp3) is 0.0833. The molecule has 1 aliphatic heterocycles. The highest BCUT2D eigenvalue weighted by Gasteiger charge is 2.40. The molecular weight excluding hydrogens is 386 g/mol. The Morgan fingerprint density at radius 2 is 1.50 bits per heavy atom. The van der Waals surface area contributed by atoms with Crippen LogP contribution in [0.3, 0.4) is 0 Å². The number of imide groups is 1. The molecule has 0 spiro atoms. The molecule has 0 aromatic heterocycles. The summed E-state index contributed by atoms with van der Waals surface area (Å²) in [6.45, 7) is 3.86. The van der Waals surface area contributed by atoms with Gasteiger partial charge in [-0.1, -0.05) is 36.4 Å². The molecular formula is C24H18F2N2O2. The predicted octanol–water partition coefficient (Wildman–Crippen LogP) is 4.98. The third-order valence-corrected chi connectivity index (χ3v) is 5.08. The summed E-state index contributed by atoms with van der Waals surface area (Å²) in [7, 11) is 0. The minimum atomic E-state index is -1.05. The van der Waals surface area contributed by atoms with Crippen molar-refractivity contribution in [1.29, 1.82) is 0 Å². The standard InChI is InChI=1S/C24H18F2N2O2/c1-14-8-9-16(12-15(14)2)21-22(27-17-10-11-19(25)20(26)13-17)24(30)28(23(21)29)18-6-4-3-5-7-18/h3-13,27H,1-2H3. The highest BCUT2D eigenvalue weighted by molar-refractivity contribution is 6.46. The summed E-state index contributed by atoms with van der Waals surface area (Å²) in [6.07, 6.45) is 0. The van der Waals surface area contributed by atoms with Crippen molar-refractivity contribution in [3.8, 4) is 0 Å². The molecule has 1 N–H and O–H groups in total. The van der Waals surface area contributed by atoms with E-state index < -0.39 is 23.4 Å². The second-order valence-corrected chi connectivity index (χ2v) is 7.08. The molecule has 30 heavy (non-hydrogen) atoms. The number of nitrogens with zero attached hydrogens (tertiary/aromatic N) is 1. The molecule has 0 bridgehead atoms. The van der Waals surface area contributed by atoms with Crippen LogP contribution in [-0.4, -0.2) is 11.8 Å². The average molecular weight is 404 g/mol. The van der Waals surface area contributed by atoms with Crippen LogP contribution in [0.25, 0.3) is 5.57 Å². The molecule has 0 aliphatic carbocycles. The van der Waals surface area contributed by atoms with Crippen LogP contribution in [0.15, 0.2) is 72.4 Å². The molecule has 0 radical (unpaired) electrons. The quantitative estimate of drug-likeness (QED) is 0.624. The first kappa shape index (κ1) is 19.5. The number of amides is 2. The zero-order valence-electron chi connectivity index (χ0n) is 16.4. The van der Waals surface area contributed by atoms with Crippen molar-refractivity contribution >= 4 is 28.8 Å². The van der Waals surface area contributed by atoms with Gasteiger partial charge in [0, 0.05) is 11.8 Å². The maximum absolute atomic E-state index is 13.7. The first-order chi connectivity index (χ1) is 14.4. The van der Waals surface area contributed by atoms with Gasteiger partial charge in [0.2, 0.25) is 0 Å². The smallest absolute Gasteiger partial charge is 0.282 e. The number of hydrogen-bond acceptors (Lipinski definition) is 3. The van der Waals surface area contributed by atoms with Crippen molar-refractivity contribution < 1.29 is 18.4 Å². The zero-order valence-corrected chi connectivity index (χ0v) is 16.4. The summed E-state index contributed by atoms with van der Waals surface area (Å²) in [5, 5.41) is 2.83. The van der Waals surface area contributed by atoms with E-state index in [1.165, 1.54) is 6.07 Å². The van der Waals surface area contributed by atoms with E-state index in [4.69, 9.17) is 0 Å². The van der Waals surface area contributed by atoms with Crippen LogP contribution in [0.2, 0.25) is 0 Å². The Morgan fingerprint density at radius 3 is 2.17 bits per heavy atom. The Balaban J connectivity index is 1.85. The summed E-state index contributed by atoms with van der Waals surface area (Å²) in [4.78, 5) is 27.6. The molecule has 0 saturated heterocycles. The van der Waals surface area contributed by atoms with Gasteiger partial charge in [-0.2, -0.15) is 0 Å². The van der Waals surface area contributed by atoms with Crippen molar-refractivity contribution in [2.24, 2.45) is 0 Å². The molecule has 150 valence electrons. The van der Waals surface area contributed by atoms with Gasteiger partial charge in [-0.25, -0.2) is 13.7 Å². The largest absolute Gasteiger partial charge is 0.350 e. The highest BCUT2D eigenvalue weighted by atomic mass is 19.2. The van der Waals surface area contributed by atoms with Gasteiger partial charge in [0.25, 0.3) is 11.8 Å². The van der Waals surface area contributed by atoms with Crippen LogP contribution in [-0.2, 0) is 9.59 Å². The van der Waals surface area contributed by atoms with Crippen LogP contribution >= 0.6 is 0 Å². The van der Waals surface area contributed by atoms with Crippen LogP contribution < -0.4 is 10.2 Å². The van der Waals surface area contributed by atoms with Gasteiger partial charge in [0.05, 0.1) is 11.3 Å². The van der Waals surface area contributed by atoms with Gasteiger partial charge in [0.1, 0.15) is 5.70 Å². The van der Waals surface area contributed by atoms with Crippen LogP contribution in [0.5, 0.6) is 0 Å². The van der Waals surface area contributed by atoms with Crippen LogP contribution in [0, 0.1) is 25.5 Å². The Kier molecular flexibility index (Phi) is 4.91. The number of para-hydroxylation sites is 1. The Hall–Kier alpha value is -3.80. The second-order valence-electron chi connectivity index (χ2n) is 7.08. The van der Waals surface area contributed by atoms with E-state index in [2.05, 4.69) is 5.32 Å². The third-order valence-electron chi connectivity index (χ3n) is 5.08. The van der Waals surface area contributed by atoms with Gasteiger partial charge in [-0.05, 0) is 54.8 Å². The molecule has 1 heterocycles. The molecule has 1 aliphatic rings. The fourth-order valence-electron chi connectivity index (χ4n) is 3.34. The van der Waals surface area contributed by atoms with Crippen LogP contribution in [0.1, 0.15) is 16.7 Å². The van der Waals surface area contributed by atoms with Crippen molar-refractivity contribution in [2.75, 3.05) is 10.2 Å². The summed E-state index contributed by atoms with van der Waals surface area (Å²) in [5.74, 6) is -3.10. The monoisotopic (exact) mass is 404 g/mol. The SMILES string of the molecule is Cc1ccc(C2=C(Nc3ccc(F)c(F)c3)C(=O)N(c3ccccc3)C2=O)cc1C. The maximum atomic E-state index is 13.7. The van der Waals surface area contributed by atoms with E-state index in [0.717, 1.165) is 28.2 Å². The number of benzene rings is 3. The van der Waals surface area contributed by atoms with Crippen molar-refractivity contribution in [3.63, 3.8) is 0 Å². The lowest BCUT2D eigenvalue weighted by Crippen LogP contribution is -2.32. The lowest BCUT2D eigenvalue weighted by atomic mass is 9.99. The Morgan fingerprint density at radius 1 is 0.767 bits per heavy atom. The van der Waals surface area contributed by atoms with Crippen LogP contribution in [0.4, 0.5) is 20.2 Å². The molecule has 2 amide bonds. The van der Waals surface area contributed by atoms with Crippen molar-refractivity contribution in [2.45, 2.75) is 13.8 Å².